The van der Waals surface area contributed by atoms with Crippen molar-refractivity contribution in [3.63, 3.8) is 0 Å². The topological polar surface area (TPSA) is 0 Å². The molecular formula is C17H28. The van der Waals surface area contributed by atoms with Crippen LogP contribution in [0.15, 0.2) is 0 Å². The first-order valence-electron chi connectivity index (χ1n) is 8.35. The van der Waals surface area contributed by atoms with Gasteiger partial charge in [0, 0.05) is 0 Å². The fourth-order valence-corrected chi connectivity index (χ4v) is 7.11. The first-order chi connectivity index (χ1) is 8.35. The van der Waals surface area contributed by atoms with E-state index >= 15 is 0 Å². The summed E-state index contributed by atoms with van der Waals surface area (Å²) in [4.78, 5) is 0. The van der Waals surface area contributed by atoms with E-state index in [1.807, 2.05) is 0 Å². The summed E-state index contributed by atoms with van der Waals surface area (Å²) in [5.41, 5.74) is 0. The summed E-state index contributed by atoms with van der Waals surface area (Å²) in [5.74, 6) is 9.31. The Morgan fingerprint density at radius 2 is 1.24 bits per heavy atom. The summed E-state index contributed by atoms with van der Waals surface area (Å²) in [5, 5.41) is 0. The van der Waals surface area contributed by atoms with E-state index in [9.17, 15) is 0 Å². The molecule has 8 unspecified atom stereocenters. The van der Waals surface area contributed by atoms with Gasteiger partial charge < -0.3 is 0 Å². The lowest BCUT2D eigenvalue weighted by Crippen LogP contribution is -2.33. The van der Waals surface area contributed by atoms with Crippen molar-refractivity contribution in [3.05, 3.63) is 0 Å². The van der Waals surface area contributed by atoms with Crippen molar-refractivity contribution in [2.75, 3.05) is 0 Å². The summed E-state index contributed by atoms with van der Waals surface area (Å²) < 4.78 is 0. The molecule has 4 rings (SSSR count). The van der Waals surface area contributed by atoms with Gasteiger partial charge in [-0.2, -0.15) is 0 Å². The lowest BCUT2D eigenvalue weighted by atomic mass is 9.67. The lowest BCUT2D eigenvalue weighted by Gasteiger charge is -2.38. The highest BCUT2D eigenvalue weighted by molar-refractivity contribution is 5.12. The standard InChI is InChI=1S/C17H28/c1-3-10-8-11(4-2)17-15-9-14(16(10)17)12-6-5-7-13(12)15/h10-17H,3-9H2,1-2H3. The monoisotopic (exact) mass is 232 g/mol. The van der Waals surface area contributed by atoms with Gasteiger partial charge in [0.1, 0.15) is 0 Å². The molecule has 0 aromatic rings. The van der Waals surface area contributed by atoms with Crippen LogP contribution < -0.4 is 0 Å². The highest BCUT2D eigenvalue weighted by atomic mass is 14.7. The molecule has 0 aliphatic heterocycles. The number of hydrogen-bond acceptors (Lipinski definition) is 0. The molecule has 0 aromatic heterocycles. The van der Waals surface area contributed by atoms with Gasteiger partial charge in [-0.25, -0.2) is 0 Å². The van der Waals surface area contributed by atoms with Crippen LogP contribution >= 0.6 is 0 Å². The Kier molecular flexibility index (Phi) is 2.40. The van der Waals surface area contributed by atoms with Gasteiger partial charge in [0.05, 0.1) is 0 Å². The third kappa shape index (κ3) is 1.25. The minimum absolute atomic E-state index is 1.11. The van der Waals surface area contributed by atoms with Gasteiger partial charge in [-0.05, 0) is 73.0 Å². The second-order valence-corrected chi connectivity index (χ2v) is 7.55. The van der Waals surface area contributed by atoms with Gasteiger partial charge in [0.25, 0.3) is 0 Å². The molecule has 2 bridgehead atoms. The van der Waals surface area contributed by atoms with Crippen LogP contribution in [0.4, 0.5) is 0 Å². The quantitative estimate of drug-likeness (QED) is 0.645. The van der Waals surface area contributed by atoms with Crippen LogP contribution in [0.1, 0.15) is 58.8 Å². The minimum atomic E-state index is 1.11. The number of fused-ring (bicyclic) bond motifs is 8. The van der Waals surface area contributed by atoms with E-state index in [-0.39, 0.29) is 0 Å². The predicted octanol–water partition coefficient (Wildman–Crippen LogP) is 4.74. The van der Waals surface area contributed by atoms with E-state index in [1.54, 1.807) is 32.1 Å². The van der Waals surface area contributed by atoms with Crippen molar-refractivity contribution in [3.8, 4) is 0 Å². The average Bonchev–Trinajstić information content (AvgIpc) is 3.05. The largest absolute Gasteiger partial charge is 0.0651 e. The molecule has 0 amide bonds. The zero-order valence-corrected chi connectivity index (χ0v) is 11.6. The third-order valence-electron chi connectivity index (χ3n) is 7.45. The van der Waals surface area contributed by atoms with E-state index in [0.29, 0.717) is 0 Å². The van der Waals surface area contributed by atoms with Crippen LogP contribution in [-0.2, 0) is 0 Å². The van der Waals surface area contributed by atoms with Crippen LogP contribution in [0, 0.1) is 47.3 Å². The van der Waals surface area contributed by atoms with Gasteiger partial charge in [0.2, 0.25) is 0 Å². The average molecular weight is 232 g/mol. The molecule has 0 heteroatoms. The highest BCUT2D eigenvalue weighted by Gasteiger charge is 2.63. The summed E-state index contributed by atoms with van der Waals surface area (Å²) in [6.45, 7) is 4.91. The molecule has 0 nitrogen and oxygen atoms in total. The maximum atomic E-state index is 2.46. The molecule has 0 N–H and O–H groups in total. The summed E-state index contributed by atoms with van der Waals surface area (Å²) in [7, 11) is 0. The Hall–Kier alpha value is 0. The van der Waals surface area contributed by atoms with E-state index in [0.717, 1.165) is 11.8 Å². The van der Waals surface area contributed by atoms with E-state index < -0.39 is 0 Å². The second kappa shape index (κ2) is 3.75. The van der Waals surface area contributed by atoms with E-state index in [2.05, 4.69) is 13.8 Å². The van der Waals surface area contributed by atoms with Crippen LogP contribution in [-0.4, -0.2) is 0 Å². The fourth-order valence-electron chi connectivity index (χ4n) is 7.11. The van der Waals surface area contributed by atoms with Crippen LogP contribution in [0.2, 0.25) is 0 Å². The van der Waals surface area contributed by atoms with Crippen molar-refractivity contribution in [2.24, 2.45) is 47.3 Å². The Labute approximate surface area is 107 Å². The molecule has 8 atom stereocenters. The van der Waals surface area contributed by atoms with Gasteiger partial charge >= 0.3 is 0 Å². The van der Waals surface area contributed by atoms with Gasteiger partial charge in [-0.15, -0.1) is 0 Å². The molecule has 0 radical (unpaired) electrons. The molecule has 4 aliphatic rings. The predicted molar refractivity (Wildman–Crippen MR) is 71.6 cm³/mol. The Balaban J connectivity index is 1.67. The molecule has 4 aliphatic carbocycles. The lowest BCUT2D eigenvalue weighted by molar-refractivity contribution is 0.0950. The highest BCUT2D eigenvalue weighted by Crippen LogP contribution is 2.70. The maximum absolute atomic E-state index is 2.46. The summed E-state index contributed by atoms with van der Waals surface area (Å²) in [6, 6.07) is 0. The molecule has 4 saturated carbocycles. The molecule has 0 heterocycles. The molecule has 4 fully saturated rings. The zero-order valence-electron chi connectivity index (χ0n) is 11.6. The second-order valence-electron chi connectivity index (χ2n) is 7.55. The summed E-state index contributed by atoms with van der Waals surface area (Å²) >= 11 is 0. The van der Waals surface area contributed by atoms with Crippen LogP contribution in [0.5, 0.6) is 0 Å². The van der Waals surface area contributed by atoms with Crippen molar-refractivity contribution in [2.45, 2.75) is 58.8 Å². The molecule has 17 heavy (non-hydrogen) atoms. The summed E-state index contributed by atoms with van der Waals surface area (Å²) in [6.07, 6.45) is 10.9. The Morgan fingerprint density at radius 1 is 0.706 bits per heavy atom. The third-order valence-corrected chi connectivity index (χ3v) is 7.45. The Morgan fingerprint density at radius 3 is 1.71 bits per heavy atom. The minimum Gasteiger partial charge on any atom is -0.0651 e. The maximum Gasteiger partial charge on any atom is -0.0321 e. The molecule has 0 aromatic carbocycles. The fraction of sp³-hybridized carbons (Fsp3) is 1.00. The van der Waals surface area contributed by atoms with Crippen LogP contribution in [0.3, 0.4) is 0 Å². The first-order valence-corrected chi connectivity index (χ1v) is 8.35. The number of hydrogen-bond donors (Lipinski definition) is 0. The van der Waals surface area contributed by atoms with E-state index in [1.165, 1.54) is 48.3 Å². The number of rotatable bonds is 2. The van der Waals surface area contributed by atoms with Crippen LogP contribution in [0.25, 0.3) is 0 Å². The molecule has 0 spiro atoms. The zero-order chi connectivity index (χ0) is 11.6. The van der Waals surface area contributed by atoms with Gasteiger partial charge in [0.15, 0.2) is 0 Å². The molecule has 96 valence electrons. The Bertz CT molecular complexity index is 279. The smallest absolute Gasteiger partial charge is 0.0321 e. The van der Waals surface area contributed by atoms with Crippen molar-refractivity contribution in [1.82, 2.24) is 0 Å². The molecule has 0 saturated heterocycles. The van der Waals surface area contributed by atoms with Gasteiger partial charge in [-0.3, -0.25) is 0 Å². The van der Waals surface area contributed by atoms with Gasteiger partial charge in [-0.1, -0.05) is 33.1 Å². The normalized spacial score (nSPS) is 59.6. The van der Waals surface area contributed by atoms with Crippen molar-refractivity contribution in [1.29, 1.82) is 0 Å². The van der Waals surface area contributed by atoms with Crippen molar-refractivity contribution >= 4 is 0 Å². The molecular weight excluding hydrogens is 204 g/mol. The first kappa shape index (κ1) is 10.9. The SMILES string of the molecule is CCC1CC(CC)C2C3CC(C4CCCC43)C12. The van der Waals surface area contributed by atoms with E-state index in [4.69, 9.17) is 0 Å². The van der Waals surface area contributed by atoms with Crippen molar-refractivity contribution < 1.29 is 0 Å².